The Hall–Kier alpha value is -1.69. The van der Waals surface area contributed by atoms with Crippen LogP contribution in [-0.4, -0.2) is 33.6 Å². The van der Waals surface area contributed by atoms with Gasteiger partial charge in [0.15, 0.2) is 0 Å². The Morgan fingerprint density at radius 1 is 1.53 bits per heavy atom. The minimum Gasteiger partial charge on any atom is -0.394 e. The van der Waals surface area contributed by atoms with Crippen LogP contribution in [0.3, 0.4) is 0 Å². The Balaban J connectivity index is 2.82. The number of aryl methyl sites for hydroxylation is 2. The van der Waals surface area contributed by atoms with E-state index in [0.29, 0.717) is 17.0 Å². The molecule has 0 aliphatic carbocycles. The number of hydrogen-bond donors (Lipinski definition) is 3. The lowest BCUT2D eigenvalue weighted by Gasteiger charge is -2.12. The average Bonchev–Trinajstić information content (AvgIpc) is 2.23. The van der Waals surface area contributed by atoms with E-state index < -0.39 is 5.69 Å². The average molecular weight is 239 g/mol. The molecule has 0 saturated carbocycles. The Morgan fingerprint density at radius 2 is 2.18 bits per heavy atom. The second kappa shape index (κ2) is 5.58. The van der Waals surface area contributed by atoms with E-state index >= 15 is 0 Å². The van der Waals surface area contributed by atoms with Gasteiger partial charge in [0.25, 0.3) is 0 Å². The molecule has 0 aromatic carbocycles. The minimum atomic E-state index is -0.409. The molecule has 1 heterocycles. The third-order valence-corrected chi connectivity index (χ3v) is 2.47. The van der Waals surface area contributed by atoms with Crippen LogP contribution in [-0.2, 0) is 11.2 Å². The number of aromatic amines is 1. The van der Waals surface area contributed by atoms with Crippen LogP contribution in [0.1, 0.15) is 23.9 Å². The number of aliphatic hydroxyl groups excluding tert-OH is 1. The first kappa shape index (κ1) is 13.4. The molecule has 1 atom stereocenters. The number of nitrogens with zero attached hydrogens (tertiary/aromatic N) is 1. The van der Waals surface area contributed by atoms with Crippen LogP contribution in [0.5, 0.6) is 0 Å². The Kier molecular flexibility index (Phi) is 4.39. The summed E-state index contributed by atoms with van der Waals surface area (Å²) in [5.41, 5.74) is 1.51. The van der Waals surface area contributed by atoms with Crippen molar-refractivity contribution in [2.45, 2.75) is 33.2 Å². The minimum absolute atomic E-state index is 0.104. The van der Waals surface area contributed by atoms with Gasteiger partial charge in [-0.15, -0.1) is 0 Å². The predicted octanol–water partition coefficient (Wildman–Crippen LogP) is -0.574. The third kappa shape index (κ3) is 3.67. The highest BCUT2D eigenvalue weighted by Crippen LogP contribution is 2.07. The summed E-state index contributed by atoms with van der Waals surface area (Å²) in [6, 6.07) is -0.279. The van der Waals surface area contributed by atoms with Crippen molar-refractivity contribution in [1.82, 2.24) is 15.3 Å². The molecule has 1 rings (SSSR count). The molecule has 6 heteroatoms. The van der Waals surface area contributed by atoms with Crippen LogP contribution >= 0.6 is 0 Å². The van der Waals surface area contributed by atoms with Gasteiger partial charge in [0, 0.05) is 23.0 Å². The smallest absolute Gasteiger partial charge is 0.345 e. The molecular weight excluding hydrogens is 222 g/mol. The summed E-state index contributed by atoms with van der Waals surface area (Å²) >= 11 is 0. The van der Waals surface area contributed by atoms with E-state index in [1.165, 1.54) is 0 Å². The number of aromatic nitrogens is 2. The molecule has 1 aromatic rings. The van der Waals surface area contributed by atoms with E-state index in [4.69, 9.17) is 5.11 Å². The number of amides is 1. The first-order valence-corrected chi connectivity index (χ1v) is 5.40. The standard InChI is InChI=1S/C11H17N3O3/c1-6(5-15)12-10(16)4-9-7(2)13-11(17)14-8(9)3/h6,15H,4-5H2,1-3H3,(H,12,16)(H,13,14,17)/t6-/m1/s1. The Bertz CT molecular complexity index is 441. The molecule has 1 amide bonds. The van der Waals surface area contributed by atoms with Crippen LogP contribution in [0.25, 0.3) is 0 Å². The normalized spacial score (nSPS) is 12.2. The maximum atomic E-state index is 11.6. The lowest BCUT2D eigenvalue weighted by molar-refractivity contribution is -0.121. The van der Waals surface area contributed by atoms with E-state index in [9.17, 15) is 9.59 Å². The SMILES string of the molecule is Cc1nc(=O)[nH]c(C)c1CC(=O)N[C@H](C)CO. The Morgan fingerprint density at radius 3 is 2.71 bits per heavy atom. The molecule has 0 spiro atoms. The number of carbonyl (C=O) groups excluding carboxylic acids is 1. The molecule has 0 radical (unpaired) electrons. The van der Waals surface area contributed by atoms with E-state index in [1.54, 1.807) is 20.8 Å². The van der Waals surface area contributed by atoms with E-state index in [1.807, 2.05) is 0 Å². The fourth-order valence-corrected chi connectivity index (χ4v) is 1.55. The van der Waals surface area contributed by atoms with Crippen LogP contribution in [0.4, 0.5) is 0 Å². The van der Waals surface area contributed by atoms with E-state index in [-0.39, 0.29) is 25.0 Å². The zero-order valence-electron chi connectivity index (χ0n) is 10.2. The molecular formula is C11H17N3O3. The second-order valence-corrected chi connectivity index (χ2v) is 4.06. The molecule has 0 saturated heterocycles. The fourth-order valence-electron chi connectivity index (χ4n) is 1.55. The molecule has 0 aliphatic heterocycles. The maximum Gasteiger partial charge on any atom is 0.345 e. The first-order chi connectivity index (χ1) is 7.93. The molecule has 17 heavy (non-hydrogen) atoms. The first-order valence-electron chi connectivity index (χ1n) is 5.40. The third-order valence-electron chi connectivity index (χ3n) is 2.47. The lowest BCUT2D eigenvalue weighted by atomic mass is 10.1. The summed E-state index contributed by atoms with van der Waals surface area (Å²) < 4.78 is 0. The molecule has 94 valence electrons. The molecule has 0 aliphatic rings. The van der Waals surface area contributed by atoms with Crippen LogP contribution < -0.4 is 11.0 Å². The number of nitrogens with one attached hydrogen (secondary N) is 2. The van der Waals surface area contributed by atoms with Gasteiger partial charge in [-0.3, -0.25) is 4.79 Å². The topological polar surface area (TPSA) is 95.1 Å². The van der Waals surface area contributed by atoms with Gasteiger partial charge in [-0.1, -0.05) is 0 Å². The molecule has 1 aromatic heterocycles. The summed E-state index contributed by atoms with van der Waals surface area (Å²) in [7, 11) is 0. The van der Waals surface area contributed by atoms with Crippen molar-refractivity contribution in [3.63, 3.8) is 0 Å². The molecule has 0 fully saturated rings. The van der Waals surface area contributed by atoms with Gasteiger partial charge in [0.1, 0.15) is 0 Å². The number of H-pyrrole nitrogens is 1. The van der Waals surface area contributed by atoms with Gasteiger partial charge in [-0.25, -0.2) is 4.79 Å². The zero-order chi connectivity index (χ0) is 13.0. The molecule has 0 bridgehead atoms. The van der Waals surface area contributed by atoms with Crippen LogP contribution in [0.2, 0.25) is 0 Å². The summed E-state index contributed by atoms with van der Waals surface area (Å²) in [6.45, 7) is 5.03. The van der Waals surface area contributed by atoms with E-state index in [0.717, 1.165) is 0 Å². The highest BCUT2D eigenvalue weighted by Gasteiger charge is 2.12. The summed E-state index contributed by atoms with van der Waals surface area (Å²) in [4.78, 5) is 29.0. The van der Waals surface area contributed by atoms with Crippen LogP contribution in [0, 0.1) is 13.8 Å². The summed E-state index contributed by atoms with van der Waals surface area (Å²) in [6.07, 6.45) is 0.145. The largest absolute Gasteiger partial charge is 0.394 e. The van der Waals surface area contributed by atoms with Crippen molar-refractivity contribution in [3.05, 3.63) is 27.4 Å². The quantitative estimate of drug-likeness (QED) is 0.655. The zero-order valence-corrected chi connectivity index (χ0v) is 10.2. The highest BCUT2D eigenvalue weighted by atomic mass is 16.3. The summed E-state index contributed by atoms with van der Waals surface area (Å²) in [5, 5.41) is 11.5. The number of hydrogen-bond acceptors (Lipinski definition) is 4. The van der Waals surface area contributed by atoms with Crippen LogP contribution in [0.15, 0.2) is 4.79 Å². The van der Waals surface area contributed by atoms with Gasteiger partial charge in [-0.2, -0.15) is 4.98 Å². The highest BCUT2D eigenvalue weighted by molar-refractivity contribution is 5.79. The lowest BCUT2D eigenvalue weighted by Crippen LogP contribution is -2.36. The monoisotopic (exact) mass is 239 g/mol. The number of rotatable bonds is 4. The fraction of sp³-hybridized carbons (Fsp3) is 0.545. The van der Waals surface area contributed by atoms with Gasteiger partial charge < -0.3 is 15.4 Å². The molecule has 0 unspecified atom stereocenters. The van der Waals surface area contributed by atoms with Crippen molar-refractivity contribution < 1.29 is 9.90 Å². The Labute approximate surface area is 99.1 Å². The maximum absolute atomic E-state index is 11.6. The predicted molar refractivity (Wildman–Crippen MR) is 62.7 cm³/mol. The van der Waals surface area contributed by atoms with Gasteiger partial charge >= 0.3 is 5.69 Å². The van der Waals surface area contributed by atoms with Gasteiger partial charge in [0.2, 0.25) is 5.91 Å². The van der Waals surface area contributed by atoms with Gasteiger partial charge in [-0.05, 0) is 20.8 Å². The van der Waals surface area contributed by atoms with Crippen molar-refractivity contribution in [3.8, 4) is 0 Å². The summed E-state index contributed by atoms with van der Waals surface area (Å²) in [5.74, 6) is -0.202. The second-order valence-electron chi connectivity index (χ2n) is 4.06. The van der Waals surface area contributed by atoms with Crippen molar-refractivity contribution in [2.24, 2.45) is 0 Å². The molecule has 6 nitrogen and oxygen atoms in total. The van der Waals surface area contributed by atoms with E-state index in [2.05, 4.69) is 15.3 Å². The van der Waals surface area contributed by atoms with Crippen molar-refractivity contribution >= 4 is 5.91 Å². The molecule has 3 N–H and O–H groups in total. The number of carbonyl (C=O) groups is 1. The van der Waals surface area contributed by atoms with Crippen molar-refractivity contribution in [2.75, 3.05) is 6.61 Å². The van der Waals surface area contributed by atoms with Gasteiger partial charge in [0.05, 0.1) is 13.0 Å². The van der Waals surface area contributed by atoms with Crippen molar-refractivity contribution in [1.29, 1.82) is 0 Å². The number of aliphatic hydroxyl groups is 1.